The van der Waals surface area contributed by atoms with Crippen LogP contribution in [0.15, 0.2) is 0 Å². The molecule has 43 heavy (non-hydrogen) atoms. The second kappa shape index (κ2) is 36.8. The molecule has 0 aliphatic heterocycles. The Hall–Kier alpha value is -1.42. The summed E-state index contributed by atoms with van der Waals surface area (Å²) in [6, 6.07) is 0. The van der Waals surface area contributed by atoms with Gasteiger partial charge in [0.1, 0.15) is 13.2 Å². The average Bonchev–Trinajstić information content (AvgIpc) is 2.99. The summed E-state index contributed by atoms with van der Waals surface area (Å²) in [6.07, 6.45) is 6.06. The molecule has 0 radical (unpaired) electrons. The Labute approximate surface area is 258 Å². The van der Waals surface area contributed by atoms with Gasteiger partial charge in [0, 0.05) is 13.3 Å². The van der Waals surface area contributed by atoms with Crippen LogP contribution in [0.2, 0.25) is 0 Å². The highest BCUT2D eigenvalue weighted by Gasteiger charge is 2.02. The molecule has 0 spiro atoms. The first-order valence-corrected chi connectivity index (χ1v) is 15.7. The van der Waals surface area contributed by atoms with E-state index in [1.165, 1.54) is 26.2 Å². The highest BCUT2D eigenvalue weighted by molar-refractivity contribution is 5.69. The Bertz CT molecular complexity index is 580. The first-order valence-electron chi connectivity index (χ1n) is 15.7. The van der Waals surface area contributed by atoms with E-state index in [1.54, 1.807) is 0 Å². The van der Waals surface area contributed by atoms with Crippen molar-refractivity contribution in [1.29, 1.82) is 0 Å². The van der Waals surface area contributed by atoms with Gasteiger partial charge < -0.3 is 52.1 Å². The quantitative estimate of drug-likeness (QED) is 0.0745. The molecule has 0 heterocycles. The van der Waals surface area contributed by atoms with Gasteiger partial charge in [0.05, 0.1) is 119 Å². The van der Waals surface area contributed by atoms with Gasteiger partial charge in [0.15, 0.2) is 0 Å². The number of unbranched alkanes of at least 4 members (excludes halogenated alkanes) is 4. The van der Waals surface area contributed by atoms with Crippen LogP contribution in [0, 0.1) is 0 Å². The molecule has 0 rings (SSSR count). The molecule has 0 aliphatic rings. The molecular weight excluding hydrogens is 568 g/mol. The third kappa shape index (κ3) is 38.6. The maximum atomic E-state index is 11.6. The fourth-order valence-electron chi connectivity index (χ4n) is 3.27. The largest absolute Gasteiger partial charge is 0.463 e. The van der Waals surface area contributed by atoms with Crippen LogP contribution in [0.4, 0.5) is 0 Å². The molecule has 13 nitrogen and oxygen atoms in total. The Morgan fingerprint density at radius 3 is 0.953 bits per heavy atom. The van der Waals surface area contributed by atoms with E-state index < -0.39 is 0 Å². The number of esters is 2. The Kier molecular flexibility index (Phi) is 35.6. The van der Waals surface area contributed by atoms with Gasteiger partial charge in [0.25, 0.3) is 0 Å². The fourth-order valence-corrected chi connectivity index (χ4v) is 3.27. The number of carbonyl (C=O) groups excluding carboxylic acids is 2. The zero-order valence-corrected chi connectivity index (χ0v) is 26.7. The van der Waals surface area contributed by atoms with Crippen LogP contribution in [0.5, 0.6) is 0 Å². The second-order valence-electron chi connectivity index (χ2n) is 9.24. The summed E-state index contributed by atoms with van der Waals surface area (Å²) >= 11 is 0. The first kappa shape index (κ1) is 41.6. The molecule has 0 saturated heterocycles. The van der Waals surface area contributed by atoms with Crippen LogP contribution in [0.25, 0.3) is 0 Å². The molecule has 0 N–H and O–H groups in total. The minimum Gasteiger partial charge on any atom is -0.463 e. The van der Waals surface area contributed by atoms with Gasteiger partial charge in [-0.05, 0) is 6.42 Å². The van der Waals surface area contributed by atoms with Crippen LogP contribution in [0.1, 0.15) is 52.4 Å². The third-order valence-electron chi connectivity index (χ3n) is 5.48. The van der Waals surface area contributed by atoms with Crippen molar-refractivity contribution in [3.05, 3.63) is 0 Å². The number of ether oxygens (including phenoxy) is 11. The van der Waals surface area contributed by atoms with E-state index in [2.05, 4.69) is 6.92 Å². The van der Waals surface area contributed by atoms with Crippen LogP contribution < -0.4 is 0 Å². The molecule has 0 atom stereocenters. The lowest BCUT2D eigenvalue weighted by Gasteiger charge is -2.09. The monoisotopic (exact) mass is 626 g/mol. The molecule has 0 unspecified atom stereocenters. The van der Waals surface area contributed by atoms with Crippen LogP contribution in [-0.2, 0) is 61.7 Å². The number of hydrogen-bond acceptors (Lipinski definition) is 13. The standard InChI is InChI=1S/C30H58O13/c1-3-4-5-6-7-8-30(32)43-28-26-41-24-22-39-20-18-37-16-14-35-12-10-33-9-11-34-13-15-36-17-19-38-21-23-40-25-27-42-29(2)31/h3-28H2,1-2H3. The Morgan fingerprint density at radius 2 is 0.651 bits per heavy atom. The van der Waals surface area contributed by atoms with Crippen LogP contribution in [0.3, 0.4) is 0 Å². The second-order valence-corrected chi connectivity index (χ2v) is 9.24. The van der Waals surface area contributed by atoms with E-state index in [9.17, 15) is 9.59 Å². The van der Waals surface area contributed by atoms with E-state index in [0.29, 0.717) is 125 Å². The fraction of sp³-hybridized carbons (Fsp3) is 0.933. The van der Waals surface area contributed by atoms with Gasteiger partial charge in [-0.1, -0.05) is 32.6 Å². The smallest absolute Gasteiger partial charge is 0.305 e. The van der Waals surface area contributed by atoms with Gasteiger partial charge in [-0.15, -0.1) is 0 Å². The third-order valence-corrected chi connectivity index (χ3v) is 5.48. The van der Waals surface area contributed by atoms with Crippen molar-refractivity contribution in [1.82, 2.24) is 0 Å². The summed E-state index contributed by atoms with van der Waals surface area (Å²) in [5.74, 6) is -0.463. The lowest BCUT2D eigenvalue weighted by atomic mass is 10.1. The van der Waals surface area contributed by atoms with Crippen molar-refractivity contribution < 1.29 is 61.7 Å². The predicted molar refractivity (Wildman–Crippen MR) is 158 cm³/mol. The Balaban J connectivity index is 3.09. The van der Waals surface area contributed by atoms with Gasteiger partial charge in [-0.25, -0.2) is 0 Å². The lowest BCUT2D eigenvalue weighted by Crippen LogP contribution is -2.15. The summed E-state index contributed by atoms with van der Waals surface area (Å²) in [7, 11) is 0. The highest BCUT2D eigenvalue weighted by Crippen LogP contribution is 2.05. The number of carbonyl (C=O) groups is 2. The summed E-state index contributed by atoms with van der Waals surface area (Å²) in [5, 5.41) is 0. The maximum absolute atomic E-state index is 11.6. The SMILES string of the molecule is CCCCCCCC(=O)OCCOCCOCCOCCOCCOCCOCCOCCOCCOCCOC(C)=O. The van der Waals surface area contributed by atoms with E-state index in [1.807, 2.05) is 0 Å². The normalized spacial score (nSPS) is 11.2. The van der Waals surface area contributed by atoms with Gasteiger partial charge >= 0.3 is 11.9 Å². The number of rotatable bonds is 36. The maximum Gasteiger partial charge on any atom is 0.305 e. The molecular formula is C30H58O13. The highest BCUT2D eigenvalue weighted by atomic mass is 16.6. The van der Waals surface area contributed by atoms with Gasteiger partial charge in [-0.3, -0.25) is 9.59 Å². The van der Waals surface area contributed by atoms with Crippen molar-refractivity contribution in [2.75, 3.05) is 132 Å². The molecule has 0 aromatic carbocycles. The minimum atomic E-state index is -0.313. The summed E-state index contributed by atoms with van der Waals surface area (Å²) in [6.45, 7) is 12.5. The molecule has 0 aliphatic carbocycles. The topological polar surface area (TPSA) is 136 Å². The Morgan fingerprint density at radius 1 is 0.372 bits per heavy atom. The molecule has 0 aromatic rings. The van der Waals surface area contributed by atoms with E-state index in [0.717, 1.165) is 12.8 Å². The van der Waals surface area contributed by atoms with Gasteiger partial charge in [-0.2, -0.15) is 0 Å². The van der Waals surface area contributed by atoms with E-state index in [4.69, 9.17) is 52.1 Å². The molecule has 0 amide bonds. The molecule has 256 valence electrons. The van der Waals surface area contributed by atoms with Crippen LogP contribution in [-0.4, -0.2) is 144 Å². The summed E-state index contributed by atoms with van der Waals surface area (Å²) in [5.41, 5.74) is 0. The zero-order chi connectivity index (χ0) is 31.3. The average molecular weight is 627 g/mol. The minimum absolute atomic E-state index is 0.150. The number of hydrogen-bond donors (Lipinski definition) is 0. The molecule has 0 saturated carbocycles. The summed E-state index contributed by atoms with van der Waals surface area (Å²) < 4.78 is 58.6. The van der Waals surface area contributed by atoms with Crippen molar-refractivity contribution in [2.24, 2.45) is 0 Å². The van der Waals surface area contributed by atoms with E-state index >= 15 is 0 Å². The summed E-state index contributed by atoms with van der Waals surface area (Å²) in [4.78, 5) is 22.2. The van der Waals surface area contributed by atoms with Crippen molar-refractivity contribution in [3.8, 4) is 0 Å². The zero-order valence-electron chi connectivity index (χ0n) is 26.7. The molecule has 13 heteroatoms. The van der Waals surface area contributed by atoms with Crippen LogP contribution >= 0.6 is 0 Å². The predicted octanol–water partition coefficient (Wildman–Crippen LogP) is 2.60. The lowest BCUT2D eigenvalue weighted by molar-refractivity contribution is -0.145. The molecule has 0 fully saturated rings. The molecule has 0 bridgehead atoms. The van der Waals surface area contributed by atoms with Crippen molar-refractivity contribution in [3.63, 3.8) is 0 Å². The van der Waals surface area contributed by atoms with E-state index in [-0.39, 0.29) is 25.2 Å². The van der Waals surface area contributed by atoms with Crippen molar-refractivity contribution >= 4 is 11.9 Å². The van der Waals surface area contributed by atoms with Gasteiger partial charge in [0.2, 0.25) is 0 Å². The first-order chi connectivity index (χ1) is 21.2. The molecule has 0 aromatic heterocycles. The van der Waals surface area contributed by atoms with Crippen molar-refractivity contribution in [2.45, 2.75) is 52.4 Å².